The minimum atomic E-state index is 0.433. The molecule has 0 amide bonds. The van der Waals surface area contributed by atoms with E-state index in [0.29, 0.717) is 31.7 Å². The van der Waals surface area contributed by atoms with Gasteiger partial charge in [0.15, 0.2) is 11.5 Å². The van der Waals surface area contributed by atoms with Crippen LogP contribution in [0.2, 0.25) is 0 Å². The van der Waals surface area contributed by atoms with Gasteiger partial charge in [-0.05, 0) is 12.5 Å². The fourth-order valence-electron chi connectivity index (χ4n) is 2.08. The molecule has 1 aliphatic heterocycles. The van der Waals surface area contributed by atoms with Gasteiger partial charge in [0.1, 0.15) is 13.2 Å². The van der Waals surface area contributed by atoms with Crippen LogP contribution in [0.4, 0.5) is 6.01 Å². The van der Waals surface area contributed by atoms with E-state index in [1.54, 1.807) is 0 Å². The van der Waals surface area contributed by atoms with E-state index in [0.717, 1.165) is 29.9 Å². The average Bonchev–Trinajstić information content (AvgIpc) is 2.93. The molecule has 2 heterocycles. The molecule has 0 spiro atoms. The summed E-state index contributed by atoms with van der Waals surface area (Å²) in [6.07, 6.45) is 1.78. The van der Waals surface area contributed by atoms with Crippen molar-refractivity contribution in [2.24, 2.45) is 0 Å². The van der Waals surface area contributed by atoms with E-state index in [1.807, 2.05) is 18.2 Å². The quantitative estimate of drug-likeness (QED) is 0.903. The predicted molar refractivity (Wildman–Crippen MR) is 73.1 cm³/mol. The van der Waals surface area contributed by atoms with Crippen LogP contribution in [-0.2, 0) is 13.0 Å². The molecule has 0 atom stereocenters. The van der Waals surface area contributed by atoms with Crippen LogP contribution in [0, 0.1) is 0 Å². The predicted octanol–water partition coefficient (Wildman–Crippen LogP) is 2.41. The summed E-state index contributed by atoms with van der Waals surface area (Å²) in [4.78, 5) is 0. The molecular formula is C14H17N3O3. The van der Waals surface area contributed by atoms with E-state index in [-0.39, 0.29) is 0 Å². The van der Waals surface area contributed by atoms with Gasteiger partial charge in [-0.3, -0.25) is 0 Å². The molecule has 1 N–H and O–H groups in total. The van der Waals surface area contributed by atoms with Crippen molar-refractivity contribution in [2.45, 2.75) is 26.3 Å². The monoisotopic (exact) mass is 275 g/mol. The van der Waals surface area contributed by atoms with Crippen LogP contribution in [0.3, 0.4) is 0 Å². The zero-order chi connectivity index (χ0) is 13.8. The molecule has 1 aromatic heterocycles. The molecular weight excluding hydrogens is 258 g/mol. The summed E-state index contributed by atoms with van der Waals surface area (Å²) in [5, 5.41) is 11.0. The first kappa shape index (κ1) is 12.8. The highest BCUT2D eigenvalue weighted by Gasteiger charge is 2.15. The smallest absolute Gasteiger partial charge is 0.315 e. The molecule has 6 heteroatoms. The number of nitrogens with zero attached hydrogens (tertiary/aromatic N) is 2. The second-order valence-corrected chi connectivity index (χ2v) is 4.55. The highest BCUT2D eigenvalue weighted by Crippen LogP contribution is 2.33. The number of benzene rings is 1. The fraction of sp³-hybridized carbons (Fsp3) is 0.429. The Hall–Kier alpha value is -2.24. The molecule has 0 saturated carbocycles. The van der Waals surface area contributed by atoms with Crippen molar-refractivity contribution < 1.29 is 13.9 Å². The molecule has 6 nitrogen and oxygen atoms in total. The van der Waals surface area contributed by atoms with Gasteiger partial charge in [-0.1, -0.05) is 24.2 Å². The number of rotatable bonds is 5. The number of aromatic nitrogens is 2. The van der Waals surface area contributed by atoms with E-state index in [1.165, 1.54) is 0 Å². The number of ether oxygens (including phenoxy) is 2. The molecule has 20 heavy (non-hydrogen) atoms. The van der Waals surface area contributed by atoms with Crippen LogP contribution in [0.15, 0.2) is 22.6 Å². The van der Waals surface area contributed by atoms with Gasteiger partial charge >= 0.3 is 6.01 Å². The van der Waals surface area contributed by atoms with E-state index in [2.05, 4.69) is 22.4 Å². The normalized spacial score (nSPS) is 13.2. The first-order chi connectivity index (χ1) is 9.86. The molecule has 0 aliphatic carbocycles. The van der Waals surface area contributed by atoms with Crippen LogP contribution in [-0.4, -0.2) is 23.4 Å². The molecule has 0 unspecified atom stereocenters. The second-order valence-electron chi connectivity index (χ2n) is 4.55. The van der Waals surface area contributed by atoms with E-state index in [4.69, 9.17) is 13.9 Å². The summed E-state index contributed by atoms with van der Waals surface area (Å²) in [5.74, 6) is 2.23. The first-order valence-electron chi connectivity index (χ1n) is 6.80. The van der Waals surface area contributed by atoms with Gasteiger partial charge in [0.2, 0.25) is 5.89 Å². The van der Waals surface area contributed by atoms with Gasteiger partial charge in [-0.15, -0.1) is 5.10 Å². The van der Waals surface area contributed by atoms with Crippen LogP contribution in [0.25, 0.3) is 0 Å². The SMILES string of the molecule is CCCc1nnc(NCc2cccc3c2OCCO3)o1. The Bertz CT molecular complexity index is 583. The van der Waals surface area contributed by atoms with E-state index < -0.39 is 0 Å². The summed E-state index contributed by atoms with van der Waals surface area (Å²) in [6.45, 7) is 3.80. The topological polar surface area (TPSA) is 69.4 Å². The molecule has 1 aromatic carbocycles. The van der Waals surface area contributed by atoms with Gasteiger partial charge < -0.3 is 19.2 Å². The lowest BCUT2D eigenvalue weighted by Crippen LogP contribution is -2.17. The summed E-state index contributed by atoms with van der Waals surface area (Å²) >= 11 is 0. The molecule has 3 rings (SSSR count). The Morgan fingerprint density at radius 2 is 2.10 bits per heavy atom. The van der Waals surface area contributed by atoms with E-state index in [9.17, 15) is 0 Å². The molecule has 0 bridgehead atoms. The van der Waals surface area contributed by atoms with Crippen molar-refractivity contribution >= 4 is 6.01 Å². The van der Waals surface area contributed by atoms with Crippen molar-refractivity contribution in [3.05, 3.63) is 29.7 Å². The lowest BCUT2D eigenvalue weighted by atomic mass is 10.2. The van der Waals surface area contributed by atoms with Crippen molar-refractivity contribution in [1.29, 1.82) is 0 Å². The minimum Gasteiger partial charge on any atom is -0.486 e. The Labute approximate surface area is 117 Å². The summed E-state index contributed by atoms with van der Waals surface area (Å²) in [6, 6.07) is 6.28. The van der Waals surface area contributed by atoms with Crippen molar-refractivity contribution in [2.75, 3.05) is 18.5 Å². The first-order valence-corrected chi connectivity index (χ1v) is 6.80. The maximum absolute atomic E-state index is 5.66. The largest absolute Gasteiger partial charge is 0.486 e. The van der Waals surface area contributed by atoms with Crippen molar-refractivity contribution in [3.63, 3.8) is 0 Å². The number of hydrogen-bond acceptors (Lipinski definition) is 6. The molecule has 1 aliphatic rings. The number of fused-ring (bicyclic) bond motifs is 1. The van der Waals surface area contributed by atoms with Crippen LogP contribution >= 0.6 is 0 Å². The lowest BCUT2D eigenvalue weighted by Gasteiger charge is -2.20. The van der Waals surface area contributed by atoms with Gasteiger partial charge in [-0.25, -0.2) is 0 Å². The van der Waals surface area contributed by atoms with Crippen LogP contribution in [0.1, 0.15) is 24.8 Å². The van der Waals surface area contributed by atoms with E-state index >= 15 is 0 Å². The van der Waals surface area contributed by atoms with Crippen molar-refractivity contribution in [1.82, 2.24) is 10.2 Å². The number of nitrogens with one attached hydrogen (secondary N) is 1. The Kier molecular flexibility index (Phi) is 3.71. The zero-order valence-corrected chi connectivity index (χ0v) is 11.4. The second kappa shape index (κ2) is 5.81. The Balaban J connectivity index is 1.68. The molecule has 2 aromatic rings. The molecule has 0 radical (unpaired) electrons. The third-order valence-corrected chi connectivity index (χ3v) is 3.01. The summed E-state index contributed by atoms with van der Waals surface area (Å²) in [5.41, 5.74) is 1.01. The lowest BCUT2D eigenvalue weighted by molar-refractivity contribution is 0.170. The standard InChI is InChI=1S/C14H17N3O3/c1-2-4-12-16-17-14(20-12)15-9-10-5-3-6-11-13(10)19-8-7-18-11/h3,5-6H,2,4,7-9H2,1H3,(H,15,17). The zero-order valence-electron chi connectivity index (χ0n) is 11.4. The van der Waals surface area contributed by atoms with Crippen LogP contribution in [0.5, 0.6) is 11.5 Å². The number of hydrogen-bond donors (Lipinski definition) is 1. The maximum atomic E-state index is 5.66. The number of para-hydroxylation sites is 1. The van der Waals surface area contributed by atoms with Crippen molar-refractivity contribution in [3.8, 4) is 11.5 Å². The van der Waals surface area contributed by atoms with Gasteiger partial charge in [-0.2, -0.15) is 0 Å². The average molecular weight is 275 g/mol. The van der Waals surface area contributed by atoms with Gasteiger partial charge in [0.05, 0.1) is 0 Å². The third kappa shape index (κ3) is 2.68. The molecule has 106 valence electrons. The highest BCUT2D eigenvalue weighted by atomic mass is 16.6. The summed E-state index contributed by atoms with van der Waals surface area (Å²) in [7, 11) is 0. The Morgan fingerprint density at radius 1 is 1.20 bits per heavy atom. The highest BCUT2D eigenvalue weighted by molar-refractivity contribution is 5.48. The molecule has 0 fully saturated rings. The van der Waals surface area contributed by atoms with Crippen LogP contribution < -0.4 is 14.8 Å². The maximum Gasteiger partial charge on any atom is 0.315 e. The van der Waals surface area contributed by atoms with Gasteiger partial charge in [0, 0.05) is 18.5 Å². The number of aryl methyl sites for hydroxylation is 1. The summed E-state index contributed by atoms with van der Waals surface area (Å²) < 4.78 is 16.7. The fourth-order valence-corrected chi connectivity index (χ4v) is 2.08. The Morgan fingerprint density at radius 3 is 3.00 bits per heavy atom. The minimum absolute atomic E-state index is 0.433. The third-order valence-electron chi connectivity index (χ3n) is 3.01. The van der Waals surface area contributed by atoms with Gasteiger partial charge in [0.25, 0.3) is 0 Å². The number of anilines is 1. The molecule has 0 saturated heterocycles.